The zero-order chi connectivity index (χ0) is 16.6. The van der Waals surface area contributed by atoms with E-state index in [4.69, 9.17) is 5.11 Å². The van der Waals surface area contributed by atoms with Gasteiger partial charge in [-0.25, -0.2) is 4.79 Å². The second-order valence-electron chi connectivity index (χ2n) is 5.25. The number of carboxylic acids is 1. The van der Waals surface area contributed by atoms with E-state index in [0.29, 0.717) is 0 Å². The molecule has 2 heterocycles. The van der Waals surface area contributed by atoms with Crippen LogP contribution in [-0.2, 0) is 31.6 Å². The molecule has 3 rings (SSSR count). The number of nitrogens with zero attached hydrogens (tertiary/aromatic N) is 1. The fourth-order valence-corrected chi connectivity index (χ4v) is 4.14. The summed E-state index contributed by atoms with van der Waals surface area (Å²) in [6.07, 6.45) is 1.38. The van der Waals surface area contributed by atoms with Gasteiger partial charge in [0.25, 0.3) is 5.91 Å². The van der Waals surface area contributed by atoms with E-state index in [-0.39, 0.29) is 23.8 Å². The Morgan fingerprint density at radius 1 is 1.30 bits per heavy atom. The summed E-state index contributed by atoms with van der Waals surface area (Å²) >= 11 is 0. The van der Waals surface area contributed by atoms with Crippen molar-refractivity contribution in [3.63, 3.8) is 0 Å². The molecule has 0 saturated carbocycles. The van der Waals surface area contributed by atoms with Crippen LogP contribution in [0.25, 0.3) is 0 Å². The van der Waals surface area contributed by atoms with Crippen LogP contribution in [0.2, 0.25) is 0 Å². The van der Waals surface area contributed by atoms with Crippen LogP contribution in [0.3, 0.4) is 0 Å². The maximum absolute atomic E-state index is 12.1. The summed E-state index contributed by atoms with van der Waals surface area (Å²) in [6, 6.07) is 8.09. The Bertz CT molecular complexity index is 731. The largest absolute Gasteiger partial charge is 0.477 e. The second kappa shape index (κ2) is 5.96. The third-order valence-corrected chi connectivity index (χ3v) is 5.27. The van der Waals surface area contributed by atoms with Crippen molar-refractivity contribution in [2.75, 3.05) is 5.75 Å². The molecule has 0 spiro atoms. The predicted molar refractivity (Wildman–Crippen MR) is 81.4 cm³/mol. The number of benzene rings is 1. The first kappa shape index (κ1) is 15.4. The van der Waals surface area contributed by atoms with Gasteiger partial charge in [0.1, 0.15) is 17.1 Å². The van der Waals surface area contributed by atoms with Crippen LogP contribution in [0.15, 0.2) is 42.1 Å². The summed E-state index contributed by atoms with van der Waals surface area (Å²) in [5.41, 5.74) is 0.623. The minimum absolute atomic E-state index is 0.0567. The number of hydrogen-bond acceptors (Lipinski definition) is 4. The van der Waals surface area contributed by atoms with Gasteiger partial charge in [-0.15, -0.1) is 0 Å². The Hall–Kier alpha value is -2.48. The Balaban J connectivity index is 1.70. The number of amides is 2. The molecule has 3 atom stereocenters. The molecule has 7 nitrogen and oxygen atoms in total. The average molecular weight is 334 g/mol. The van der Waals surface area contributed by atoms with E-state index in [9.17, 15) is 18.6 Å². The van der Waals surface area contributed by atoms with Gasteiger partial charge < -0.3 is 10.4 Å². The zero-order valence-corrected chi connectivity index (χ0v) is 12.8. The molecule has 23 heavy (non-hydrogen) atoms. The maximum Gasteiger partial charge on any atom is 0.352 e. The molecule has 0 aliphatic carbocycles. The molecular formula is C15H14N2O5S. The highest BCUT2D eigenvalue weighted by atomic mass is 32.2. The lowest BCUT2D eigenvalue weighted by Crippen LogP contribution is -2.73. The summed E-state index contributed by atoms with van der Waals surface area (Å²) in [4.78, 5) is 36.3. The number of fused-ring (bicyclic) bond motifs is 1. The van der Waals surface area contributed by atoms with Gasteiger partial charge in [-0.1, -0.05) is 30.3 Å². The minimum Gasteiger partial charge on any atom is -0.477 e. The average Bonchev–Trinajstić information content (AvgIpc) is 2.53. The topological polar surface area (TPSA) is 104 Å². The number of rotatable bonds is 4. The Morgan fingerprint density at radius 3 is 2.65 bits per heavy atom. The van der Waals surface area contributed by atoms with E-state index >= 15 is 0 Å². The van der Waals surface area contributed by atoms with Gasteiger partial charge in [0.05, 0.1) is 17.2 Å². The van der Waals surface area contributed by atoms with E-state index in [0.717, 1.165) is 10.5 Å². The van der Waals surface area contributed by atoms with E-state index < -0.39 is 34.1 Å². The molecule has 2 N–H and O–H groups in total. The Morgan fingerprint density at radius 2 is 2.00 bits per heavy atom. The number of β-lactam (4-membered cyclic amide) rings is 1. The van der Waals surface area contributed by atoms with Crippen molar-refractivity contribution in [1.82, 2.24) is 10.2 Å². The highest BCUT2D eigenvalue weighted by Gasteiger charge is 2.55. The number of nitrogens with one attached hydrogen (secondary N) is 1. The molecule has 1 saturated heterocycles. The summed E-state index contributed by atoms with van der Waals surface area (Å²) < 4.78 is 12.0. The van der Waals surface area contributed by atoms with Crippen molar-refractivity contribution < 1.29 is 23.7 Å². The summed E-state index contributed by atoms with van der Waals surface area (Å²) in [6.45, 7) is 0. The van der Waals surface area contributed by atoms with Crippen LogP contribution in [0.4, 0.5) is 0 Å². The predicted octanol–water partition coefficient (Wildman–Crippen LogP) is -0.387. The van der Waals surface area contributed by atoms with Crippen molar-refractivity contribution in [3.8, 4) is 0 Å². The van der Waals surface area contributed by atoms with E-state index in [1.165, 1.54) is 6.08 Å². The third-order valence-electron chi connectivity index (χ3n) is 3.76. The lowest BCUT2D eigenvalue weighted by molar-refractivity contribution is -0.150. The molecule has 2 amide bonds. The van der Waals surface area contributed by atoms with E-state index in [2.05, 4.69) is 5.32 Å². The first-order valence-electron chi connectivity index (χ1n) is 6.96. The van der Waals surface area contributed by atoms with Gasteiger partial charge in [-0.3, -0.25) is 18.7 Å². The molecule has 1 aromatic rings. The molecule has 120 valence electrons. The van der Waals surface area contributed by atoms with Crippen LogP contribution in [0.1, 0.15) is 5.56 Å². The zero-order valence-electron chi connectivity index (χ0n) is 12.0. The number of carbonyl (C=O) groups is 3. The summed E-state index contributed by atoms with van der Waals surface area (Å²) in [5, 5.41) is 10.8. The molecule has 0 radical (unpaired) electrons. The fourth-order valence-electron chi connectivity index (χ4n) is 2.68. The molecule has 1 aromatic carbocycles. The monoisotopic (exact) mass is 334 g/mol. The lowest BCUT2D eigenvalue weighted by Gasteiger charge is -2.47. The Kier molecular flexibility index (Phi) is 3.99. The molecule has 0 aromatic heterocycles. The lowest BCUT2D eigenvalue weighted by atomic mass is 10.0. The van der Waals surface area contributed by atoms with Crippen molar-refractivity contribution in [1.29, 1.82) is 0 Å². The van der Waals surface area contributed by atoms with Crippen LogP contribution >= 0.6 is 0 Å². The van der Waals surface area contributed by atoms with Crippen molar-refractivity contribution in [2.24, 2.45) is 0 Å². The van der Waals surface area contributed by atoms with Gasteiger partial charge in [-0.05, 0) is 11.6 Å². The highest BCUT2D eigenvalue weighted by Crippen LogP contribution is 2.31. The standard InChI is InChI=1S/C15H14N2O5S/c18-11(8-9-4-2-1-3-5-9)16-12-13(19)17-10(15(20)21)6-7-23(22)14(12)17/h1-6,12,14H,7-8H2,(H,16,18)(H,20,21)/t12?,14-,23?/m1/s1. The number of hydrogen-bond donors (Lipinski definition) is 2. The van der Waals surface area contributed by atoms with Crippen LogP contribution < -0.4 is 5.32 Å². The van der Waals surface area contributed by atoms with Gasteiger partial charge in [0.2, 0.25) is 5.91 Å². The van der Waals surface area contributed by atoms with Gasteiger partial charge >= 0.3 is 5.97 Å². The van der Waals surface area contributed by atoms with Gasteiger partial charge in [0.15, 0.2) is 0 Å². The van der Waals surface area contributed by atoms with Crippen molar-refractivity contribution in [2.45, 2.75) is 17.8 Å². The molecule has 2 aliphatic heterocycles. The van der Waals surface area contributed by atoms with Crippen LogP contribution in [0.5, 0.6) is 0 Å². The molecular weight excluding hydrogens is 320 g/mol. The number of carbonyl (C=O) groups excluding carboxylic acids is 2. The smallest absolute Gasteiger partial charge is 0.352 e. The summed E-state index contributed by atoms with van der Waals surface area (Å²) in [5.74, 6) is -2.09. The van der Waals surface area contributed by atoms with Crippen molar-refractivity contribution >= 4 is 28.6 Å². The van der Waals surface area contributed by atoms with Gasteiger partial charge in [-0.2, -0.15) is 0 Å². The van der Waals surface area contributed by atoms with E-state index in [1.54, 1.807) is 24.3 Å². The molecule has 8 heteroatoms. The van der Waals surface area contributed by atoms with Crippen LogP contribution in [0, 0.1) is 0 Å². The Labute approximate surface area is 134 Å². The second-order valence-corrected chi connectivity index (χ2v) is 6.83. The van der Waals surface area contributed by atoms with Crippen molar-refractivity contribution in [3.05, 3.63) is 47.7 Å². The first-order valence-corrected chi connectivity index (χ1v) is 8.34. The minimum atomic E-state index is -1.43. The molecule has 2 unspecified atom stereocenters. The molecule has 1 fully saturated rings. The molecule has 2 aliphatic rings. The highest BCUT2D eigenvalue weighted by molar-refractivity contribution is 7.86. The number of carboxylic acid groups (broad SMARTS) is 1. The van der Waals surface area contributed by atoms with Gasteiger partial charge in [0, 0.05) is 5.75 Å². The fraction of sp³-hybridized carbons (Fsp3) is 0.267. The summed E-state index contributed by atoms with van der Waals surface area (Å²) in [7, 11) is -1.43. The first-order chi connectivity index (χ1) is 11.0. The van der Waals surface area contributed by atoms with E-state index in [1.807, 2.05) is 6.07 Å². The van der Waals surface area contributed by atoms with Crippen LogP contribution in [-0.4, -0.2) is 49.2 Å². The normalized spacial score (nSPS) is 25.9. The number of aliphatic carboxylic acids is 1. The molecule has 0 bridgehead atoms. The maximum atomic E-state index is 12.1. The third kappa shape index (κ3) is 2.77. The quantitative estimate of drug-likeness (QED) is 0.730. The SMILES string of the molecule is O=C(Cc1ccccc1)NC1C(=O)N2C(C(=O)O)=CCS(=O)[C@H]12.